The van der Waals surface area contributed by atoms with E-state index in [4.69, 9.17) is 10.5 Å². The number of nitrogens with zero attached hydrogens (tertiary/aromatic N) is 1. The zero-order valence-corrected chi connectivity index (χ0v) is 10.3. The molecule has 0 bridgehead atoms. The summed E-state index contributed by atoms with van der Waals surface area (Å²) >= 11 is 0. The molecule has 1 aliphatic carbocycles. The minimum absolute atomic E-state index is 0.156. The summed E-state index contributed by atoms with van der Waals surface area (Å²) in [6, 6.07) is 8.56. The molecule has 17 heavy (non-hydrogen) atoms. The minimum Gasteiger partial charge on any atom is -0.497 e. The molecule has 1 unspecified atom stereocenters. The summed E-state index contributed by atoms with van der Waals surface area (Å²) in [5.74, 6) is 1.40. The predicted molar refractivity (Wildman–Crippen MR) is 69.2 cm³/mol. The fourth-order valence-electron chi connectivity index (χ4n) is 1.64. The first-order chi connectivity index (χ1) is 8.19. The van der Waals surface area contributed by atoms with Crippen LogP contribution in [-0.2, 0) is 0 Å². The maximum atomic E-state index is 5.82. The molecule has 0 spiro atoms. The Bertz CT molecular complexity index is 396. The highest BCUT2D eigenvalue weighted by molar-refractivity contribution is 5.78. The second kappa shape index (κ2) is 5.08. The molecule has 4 heteroatoms. The number of rotatable bonds is 4. The predicted octanol–water partition coefficient (Wildman–Crippen LogP) is 1.82. The van der Waals surface area contributed by atoms with Gasteiger partial charge >= 0.3 is 0 Å². The maximum Gasteiger partial charge on any atom is 0.189 e. The van der Waals surface area contributed by atoms with Gasteiger partial charge in [0.25, 0.3) is 0 Å². The highest BCUT2D eigenvalue weighted by Crippen LogP contribution is 2.23. The summed E-state index contributed by atoms with van der Waals surface area (Å²) < 4.78 is 5.12. The Labute approximate surface area is 102 Å². The van der Waals surface area contributed by atoms with Gasteiger partial charge in [-0.15, -0.1) is 0 Å². The Morgan fingerprint density at radius 1 is 1.41 bits per heavy atom. The topological polar surface area (TPSA) is 59.6 Å². The van der Waals surface area contributed by atoms with Crippen LogP contribution in [-0.4, -0.2) is 19.1 Å². The lowest BCUT2D eigenvalue weighted by Gasteiger charge is -2.15. The summed E-state index contributed by atoms with van der Waals surface area (Å²) in [5, 5.41) is 3.19. The van der Waals surface area contributed by atoms with Crippen molar-refractivity contribution < 1.29 is 4.74 Å². The van der Waals surface area contributed by atoms with E-state index in [0.717, 1.165) is 5.75 Å². The van der Waals surface area contributed by atoms with Crippen molar-refractivity contribution >= 4 is 5.96 Å². The van der Waals surface area contributed by atoms with E-state index in [1.165, 1.54) is 18.4 Å². The van der Waals surface area contributed by atoms with E-state index < -0.39 is 0 Å². The molecular formula is C13H19N3O. The normalized spacial score (nSPS) is 17.6. The quantitative estimate of drug-likeness (QED) is 0.616. The van der Waals surface area contributed by atoms with Crippen molar-refractivity contribution in [2.45, 2.75) is 31.8 Å². The second-order valence-electron chi connectivity index (χ2n) is 4.38. The van der Waals surface area contributed by atoms with E-state index in [9.17, 15) is 0 Å². The van der Waals surface area contributed by atoms with E-state index >= 15 is 0 Å². The van der Waals surface area contributed by atoms with E-state index in [-0.39, 0.29) is 6.04 Å². The molecular weight excluding hydrogens is 214 g/mol. The molecule has 0 radical (unpaired) electrons. The van der Waals surface area contributed by atoms with E-state index in [2.05, 4.69) is 17.2 Å². The number of nitrogens with one attached hydrogen (secondary N) is 1. The fourth-order valence-corrected chi connectivity index (χ4v) is 1.64. The highest BCUT2D eigenvalue weighted by Gasteiger charge is 2.20. The van der Waals surface area contributed by atoms with Crippen LogP contribution in [0.2, 0.25) is 0 Å². The summed E-state index contributed by atoms with van der Waals surface area (Å²) in [5.41, 5.74) is 6.99. The van der Waals surface area contributed by atoms with Gasteiger partial charge < -0.3 is 15.8 Å². The molecule has 92 valence electrons. The van der Waals surface area contributed by atoms with Gasteiger partial charge in [-0.3, -0.25) is 4.99 Å². The number of aliphatic imine (C=N–C) groups is 1. The molecule has 0 aliphatic heterocycles. The molecule has 0 heterocycles. The molecule has 4 nitrogen and oxygen atoms in total. The van der Waals surface area contributed by atoms with Crippen LogP contribution in [0.5, 0.6) is 5.75 Å². The van der Waals surface area contributed by atoms with Gasteiger partial charge in [-0.2, -0.15) is 0 Å². The summed E-state index contributed by atoms with van der Waals surface area (Å²) in [6.45, 7) is 2.07. The highest BCUT2D eigenvalue weighted by atomic mass is 16.5. The lowest BCUT2D eigenvalue weighted by Crippen LogP contribution is -2.34. The van der Waals surface area contributed by atoms with Gasteiger partial charge in [-0.25, -0.2) is 0 Å². The van der Waals surface area contributed by atoms with E-state index in [1.54, 1.807) is 7.11 Å². The summed E-state index contributed by atoms with van der Waals surface area (Å²) in [4.78, 5) is 4.35. The lowest BCUT2D eigenvalue weighted by molar-refractivity contribution is 0.414. The van der Waals surface area contributed by atoms with Crippen LogP contribution in [0.1, 0.15) is 31.4 Å². The van der Waals surface area contributed by atoms with Gasteiger partial charge in [-0.05, 0) is 37.5 Å². The molecule has 1 atom stereocenters. The molecule has 0 saturated heterocycles. The molecule has 1 saturated carbocycles. The zero-order valence-electron chi connectivity index (χ0n) is 10.3. The zero-order chi connectivity index (χ0) is 12.3. The summed E-state index contributed by atoms with van der Waals surface area (Å²) in [6.07, 6.45) is 2.33. The van der Waals surface area contributed by atoms with Gasteiger partial charge in [-0.1, -0.05) is 12.1 Å². The number of nitrogens with two attached hydrogens (primary N) is 1. The molecule has 1 fully saturated rings. The molecule has 0 aromatic heterocycles. The average Bonchev–Trinajstić information content (AvgIpc) is 3.12. The van der Waals surface area contributed by atoms with Crippen LogP contribution < -0.4 is 15.8 Å². The SMILES string of the molecule is COc1ccc(C(C)NC(N)=NC2CC2)cc1. The second-order valence-corrected chi connectivity index (χ2v) is 4.38. The van der Waals surface area contributed by atoms with Crippen molar-refractivity contribution in [2.24, 2.45) is 10.7 Å². The van der Waals surface area contributed by atoms with Crippen LogP contribution >= 0.6 is 0 Å². The number of guanidine groups is 1. The number of methoxy groups -OCH3 is 1. The largest absolute Gasteiger partial charge is 0.497 e. The third-order valence-electron chi connectivity index (χ3n) is 2.85. The first-order valence-electron chi connectivity index (χ1n) is 5.93. The fraction of sp³-hybridized carbons (Fsp3) is 0.462. The van der Waals surface area contributed by atoms with E-state index in [1.807, 2.05) is 24.3 Å². The number of ether oxygens (including phenoxy) is 1. The van der Waals surface area contributed by atoms with Crippen molar-refractivity contribution in [2.75, 3.05) is 7.11 Å². The Morgan fingerprint density at radius 2 is 2.06 bits per heavy atom. The molecule has 2 rings (SSSR count). The van der Waals surface area contributed by atoms with Gasteiger partial charge in [0.2, 0.25) is 0 Å². The van der Waals surface area contributed by atoms with Crippen molar-refractivity contribution in [3.63, 3.8) is 0 Å². The van der Waals surface area contributed by atoms with Crippen LogP contribution in [0.3, 0.4) is 0 Å². The molecule has 3 N–H and O–H groups in total. The van der Waals surface area contributed by atoms with Crippen molar-refractivity contribution in [1.82, 2.24) is 5.32 Å². The van der Waals surface area contributed by atoms with Crippen molar-refractivity contribution in [1.29, 1.82) is 0 Å². The van der Waals surface area contributed by atoms with E-state index in [0.29, 0.717) is 12.0 Å². The monoisotopic (exact) mass is 233 g/mol. The van der Waals surface area contributed by atoms with Crippen LogP contribution in [0.25, 0.3) is 0 Å². The number of benzene rings is 1. The Hall–Kier alpha value is -1.71. The molecule has 0 amide bonds. The average molecular weight is 233 g/mol. The molecule has 1 aromatic rings. The smallest absolute Gasteiger partial charge is 0.189 e. The first-order valence-corrected chi connectivity index (χ1v) is 5.93. The Kier molecular flexibility index (Phi) is 3.52. The standard InChI is InChI=1S/C13H19N3O/c1-9(15-13(14)16-11-5-6-11)10-3-7-12(17-2)8-4-10/h3-4,7-9,11H,5-6H2,1-2H3,(H3,14,15,16). The van der Waals surface area contributed by atoms with Gasteiger partial charge in [0.1, 0.15) is 5.75 Å². The molecule has 1 aliphatic rings. The lowest BCUT2D eigenvalue weighted by atomic mass is 10.1. The molecule has 1 aromatic carbocycles. The third-order valence-corrected chi connectivity index (χ3v) is 2.85. The summed E-state index contributed by atoms with van der Waals surface area (Å²) in [7, 11) is 1.66. The Morgan fingerprint density at radius 3 is 2.59 bits per heavy atom. The van der Waals surface area contributed by atoms with Crippen LogP contribution in [0.15, 0.2) is 29.3 Å². The van der Waals surface area contributed by atoms with Gasteiger partial charge in [0, 0.05) is 0 Å². The van der Waals surface area contributed by atoms with Gasteiger partial charge in [0.05, 0.1) is 19.2 Å². The maximum absolute atomic E-state index is 5.82. The van der Waals surface area contributed by atoms with Crippen LogP contribution in [0, 0.1) is 0 Å². The number of hydrogen-bond donors (Lipinski definition) is 2. The third kappa shape index (κ3) is 3.37. The first kappa shape index (κ1) is 11.8. The minimum atomic E-state index is 0.156. The Balaban J connectivity index is 1.95. The van der Waals surface area contributed by atoms with Crippen LogP contribution in [0.4, 0.5) is 0 Å². The van der Waals surface area contributed by atoms with Crippen molar-refractivity contribution in [3.05, 3.63) is 29.8 Å². The van der Waals surface area contributed by atoms with Gasteiger partial charge in [0.15, 0.2) is 5.96 Å². The number of hydrogen-bond acceptors (Lipinski definition) is 2. The van der Waals surface area contributed by atoms with Crippen molar-refractivity contribution in [3.8, 4) is 5.75 Å².